The van der Waals surface area contributed by atoms with Crippen LogP contribution in [0.15, 0.2) is 42.5 Å². The fraction of sp³-hybridized carbons (Fsp3) is 0.133. The van der Waals surface area contributed by atoms with Crippen LogP contribution in [0.2, 0.25) is 10.0 Å². The molecule has 21 heavy (non-hydrogen) atoms. The molecule has 0 atom stereocenters. The van der Waals surface area contributed by atoms with Crippen molar-refractivity contribution in [3.8, 4) is 5.75 Å². The monoisotopic (exact) mass is 325 g/mol. The van der Waals surface area contributed by atoms with Crippen LogP contribution in [-0.2, 0) is 11.3 Å². The minimum atomic E-state index is -0.550. The van der Waals surface area contributed by atoms with Gasteiger partial charge in [0.2, 0.25) is 0 Å². The summed E-state index contributed by atoms with van der Waals surface area (Å²) >= 11 is 11.8. The number of amides is 1. The molecule has 4 nitrogen and oxygen atoms in total. The van der Waals surface area contributed by atoms with Gasteiger partial charge in [-0.3, -0.25) is 4.79 Å². The molecule has 0 bridgehead atoms. The number of ether oxygens (including phenoxy) is 2. The van der Waals surface area contributed by atoms with Crippen molar-refractivity contribution in [2.45, 2.75) is 6.61 Å². The summed E-state index contributed by atoms with van der Waals surface area (Å²) in [5.41, 5.74) is 6.36. The van der Waals surface area contributed by atoms with Gasteiger partial charge >= 0.3 is 0 Å². The summed E-state index contributed by atoms with van der Waals surface area (Å²) in [5, 5.41) is 1.09. The molecule has 0 heterocycles. The number of para-hydroxylation sites is 1. The Morgan fingerprint density at radius 2 is 1.90 bits per heavy atom. The van der Waals surface area contributed by atoms with Crippen molar-refractivity contribution in [3.63, 3.8) is 0 Å². The minimum absolute atomic E-state index is 0.0246. The Morgan fingerprint density at radius 1 is 1.14 bits per heavy atom. The maximum atomic E-state index is 11.2. The largest absolute Gasteiger partial charge is 0.467 e. The Kier molecular flexibility index (Phi) is 5.44. The van der Waals surface area contributed by atoms with Gasteiger partial charge in [-0.05, 0) is 29.8 Å². The average Bonchev–Trinajstić information content (AvgIpc) is 2.45. The fourth-order valence-electron chi connectivity index (χ4n) is 1.69. The Labute approximate surface area is 132 Å². The molecule has 2 rings (SSSR count). The highest BCUT2D eigenvalue weighted by Crippen LogP contribution is 2.22. The zero-order chi connectivity index (χ0) is 15.2. The van der Waals surface area contributed by atoms with Gasteiger partial charge in [-0.2, -0.15) is 0 Å². The van der Waals surface area contributed by atoms with Crippen LogP contribution >= 0.6 is 23.2 Å². The first-order valence-corrected chi connectivity index (χ1v) is 6.87. The first kappa shape index (κ1) is 15.6. The molecule has 0 radical (unpaired) electrons. The van der Waals surface area contributed by atoms with E-state index in [2.05, 4.69) is 0 Å². The predicted octanol–water partition coefficient (Wildman–Crippen LogP) is 3.65. The predicted molar refractivity (Wildman–Crippen MR) is 81.7 cm³/mol. The number of benzene rings is 2. The van der Waals surface area contributed by atoms with Gasteiger partial charge in [-0.25, -0.2) is 0 Å². The van der Waals surface area contributed by atoms with Crippen LogP contribution in [0.1, 0.15) is 15.9 Å². The first-order valence-electron chi connectivity index (χ1n) is 6.11. The molecule has 0 saturated heterocycles. The third kappa shape index (κ3) is 4.36. The lowest BCUT2D eigenvalue weighted by Gasteiger charge is -2.10. The van der Waals surface area contributed by atoms with Crippen molar-refractivity contribution in [2.24, 2.45) is 5.73 Å². The molecule has 6 heteroatoms. The summed E-state index contributed by atoms with van der Waals surface area (Å²) in [7, 11) is 0. The molecule has 2 N–H and O–H groups in total. The standard InChI is InChI=1S/C15H13Cl2NO3/c16-11-6-5-10(13(17)7-11)8-20-9-21-14-4-2-1-3-12(14)15(18)19/h1-7H,8-9H2,(H2,18,19). The maximum absolute atomic E-state index is 11.2. The van der Waals surface area contributed by atoms with Crippen molar-refractivity contribution in [3.05, 3.63) is 63.6 Å². The van der Waals surface area contributed by atoms with E-state index in [1.54, 1.807) is 42.5 Å². The van der Waals surface area contributed by atoms with Crippen molar-refractivity contribution >= 4 is 29.1 Å². The summed E-state index contributed by atoms with van der Waals surface area (Å²) in [5.74, 6) is -0.168. The molecular weight excluding hydrogens is 313 g/mol. The summed E-state index contributed by atoms with van der Waals surface area (Å²) in [6.45, 7) is 0.248. The van der Waals surface area contributed by atoms with Crippen LogP contribution in [0.5, 0.6) is 5.75 Å². The molecule has 0 spiro atoms. The third-order valence-corrected chi connectivity index (χ3v) is 3.31. The lowest BCUT2D eigenvalue weighted by Crippen LogP contribution is -2.14. The molecule has 2 aromatic rings. The second-order valence-electron chi connectivity index (χ2n) is 4.21. The number of hydrogen-bond acceptors (Lipinski definition) is 3. The SMILES string of the molecule is NC(=O)c1ccccc1OCOCc1ccc(Cl)cc1Cl. The van der Waals surface area contributed by atoms with E-state index in [-0.39, 0.29) is 13.4 Å². The van der Waals surface area contributed by atoms with Crippen LogP contribution < -0.4 is 10.5 Å². The van der Waals surface area contributed by atoms with Gasteiger partial charge in [0.05, 0.1) is 12.2 Å². The van der Waals surface area contributed by atoms with Gasteiger partial charge in [-0.1, -0.05) is 41.4 Å². The normalized spacial score (nSPS) is 10.4. The number of rotatable bonds is 6. The number of primary amides is 1. The average molecular weight is 326 g/mol. The lowest BCUT2D eigenvalue weighted by atomic mass is 10.2. The van der Waals surface area contributed by atoms with Crippen molar-refractivity contribution in [2.75, 3.05) is 6.79 Å². The molecule has 1 amide bonds. The van der Waals surface area contributed by atoms with Gasteiger partial charge in [-0.15, -0.1) is 0 Å². The van der Waals surface area contributed by atoms with Gasteiger partial charge in [0.1, 0.15) is 5.75 Å². The summed E-state index contributed by atoms with van der Waals surface area (Å²) in [6, 6.07) is 11.9. The van der Waals surface area contributed by atoms with E-state index in [4.69, 9.17) is 38.4 Å². The molecule has 2 aromatic carbocycles. The van der Waals surface area contributed by atoms with Crippen LogP contribution in [0.25, 0.3) is 0 Å². The minimum Gasteiger partial charge on any atom is -0.467 e. The smallest absolute Gasteiger partial charge is 0.252 e. The van der Waals surface area contributed by atoms with Crippen LogP contribution in [0, 0.1) is 0 Å². The van der Waals surface area contributed by atoms with Gasteiger partial charge in [0.15, 0.2) is 6.79 Å². The second-order valence-corrected chi connectivity index (χ2v) is 5.05. The van der Waals surface area contributed by atoms with Gasteiger partial charge in [0.25, 0.3) is 5.91 Å². The molecule has 110 valence electrons. The van der Waals surface area contributed by atoms with Crippen LogP contribution in [-0.4, -0.2) is 12.7 Å². The van der Waals surface area contributed by atoms with Crippen molar-refractivity contribution in [1.82, 2.24) is 0 Å². The van der Waals surface area contributed by atoms with E-state index in [9.17, 15) is 4.79 Å². The molecule has 0 aromatic heterocycles. The molecule has 0 fully saturated rings. The van der Waals surface area contributed by atoms with Crippen LogP contribution in [0.3, 0.4) is 0 Å². The van der Waals surface area contributed by atoms with E-state index in [0.717, 1.165) is 5.56 Å². The highest BCUT2D eigenvalue weighted by molar-refractivity contribution is 6.35. The van der Waals surface area contributed by atoms with E-state index >= 15 is 0 Å². The first-order chi connectivity index (χ1) is 10.1. The highest BCUT2D eigenvalue weighted by Gasteiger charge is 2.08. The molecule has 0 aliphatic carbocycles. The van der Waals surface area contributed by atoms with Crippen molar-refractivity contribution in [1.29, 1.82) is 0 Å². The number of carbonyl (C=O) groups excluding carboxylic acids is 1. The second kappa shape index (κ2) is 7.31. The summed E-state index contributed by atoms with van der Waals surface area (Å²) < 4.78 is 10.8. The zero-order valence-electron chi connectivity index (χ0n) is 11.0. The lowest BCUT2D eigenvalue weighted by molar-refractivity contribution is 0.00471. The number of nitrogens with two attached hydrogens (primary N) is 1. The number of halogens is 2. The van der Waals surface area contributed by atoms with Crippen molar-refractivity contribution < 1.29 is 14.3 Å². The highest BCUT2D eigenvalue weighted by atomic mass is 35.5. The molecule has 0 saturated carbocycles. The quantitative estimate of drug-likeness (QED) is 0.651. The van der Waals surface area contributed by atoms with Crippen LogP contribution in [0.4, 0.5) is 0 Å². The third-order valence-electron chi connectivity index (χ3n) is 2.72. The zero-order valence-corrected chi connectivity index (χ0v) is 12.5. The summed E-state index contributed by atoms with van der Waals surface area (Å²) in [4.78, 5) is 11.2. The Bertz CT molecular complexity index is 647. The maximum Gasteiger partial charge on any atom is 0.252 e. The summed E-state index contributed by atoms with van der Waals surface area (Å²) in [6.07, 6.45) is 0. The Morgan fingerprint density at radius 3 is 2.62 bits per heavy atom. The Hall–Kier alpha value is -1.75. The molecule has 0 aliphatic rings. The molecule has 0 aliphatic heterocycles. The number of hydrogen-bond donors (Lipinski definition) is 1. The van der Waals surface area contributed by atoms with E-state index in [1.807, 2.05) is 0 Å². The van der Waals surface area contributed by atoms with E-state index < -0.39 is 5.91 Å². The Balaban J connectivity index is 1.89. The molecular formula is C15H13Cl2NO3. The van der Waals surface area contributed by atoms with Gasteiger partial charge in [0, 0.05) is 10.0 Å². The fourth-order valence-corrected chi connectivity index (χ4v) is 2.15. The van der Waals surface area contributed by atoms with E-state index in [1.165, 1.54) is 0 Å². The molecule has 0 unspecified atom stereocenters. The van der Waals surface area contributed by atoms with Gasteiger partial charge < -0.3 is 15.2 Å². The van der Waals surface area contributed by atoms with E-state index in [0.29, 0.717) is 21.4 Å². The topological polar surface area (TPSA) is 61.6 Å². The number of carbonyl (C=O) groups is 1.